The van der Waals surface area contributed by atoms with Crippen LogP contribution in [0.25, 0.3) is 0 Å². The van der Waals surface area contributed by atoms with Crippen molar-refractivity contribution in [3.05, 3.63) is 29.6 Å². The number of nitrogens with zero attached hydrogens (tertiary/aromatic N) is 2. The number of methoxy groups -OCH3 is 1. The standard InChI is InChI=1S/C14H17F3N4O2/c1-23-6-12(22)21-5-11(19)20-14(7-21,13(16)17)9-4-8(18)2-3-10(9)15/h2-4,13H,5-7,18H2,1H3,(H2,19,20). The summed E-state index contributed by atoms with van der Waals surface area (Å²) >= 11 is 0. The number of carbonyl (C=O) groups excluding carboxylic acids is 1. The van der Waals surface area contributed by atoms with Gasteiger partial charge in [0.15, 0.2) is 5.54 Å². The molecule has 1 heterocycles. The molecule has 23 heavy (non-hydrogen) atoms. The molecule has 1 aliphatic rings. The maximum atomic E-state index is 14.1. The first-order chi connectivity index (χ1) is 10.8. The number of halogens is 3. The lowest BCUT2D eigenvalue weighted by Gasteiger charge is -2.39. The predicted molar refractivity (Wildman–Crippen MR) is 78.6 cm³/mol. The van der Waals surface area contributed by atoms with Gasteiger partial charge in [0, 0.05) is 18.4 Å². The maximum Gasteiger partial charge on any atom is 0.269 e. The normalized spacial score (nSPS) is 21.4. The third-order valence-corrected chi connectivity index (χ3v) is 3.57. The van der Waals surface area contributed by atoms with Crippen LogP contribution in [-0.4, -0.2) is 49.9 Å². The summed E-state index contributed by atoms with van der Waals surface area (Å²) < 4.78 is 46.5. The van der Waals surface area contributed by atoms with Crippen molar-refractivity contribution in [3.63, 3.8) is 0 Å². The number of alkyl halides is 2. The van der Waals surface area contributed by atoms with Gasteiger partial charge in [0.05, 0.1) is 13.1 Å². The minimum atomic E-state index is -3.09. The van der Waals surface area contributed by atoms with E-state index >= 15 is 0 Å². The summed E-state index contributed by atoms with van der Waals surface area (Å²) in [5.74, 6) is -1.63. The zero-order chi connectivity index (χ0) is 17.2. The fourth-order valence-electron chi connectivity index (χ4n) is 2.52. The number of nitrogen functional groups attached to an aromatic ring is 1. The van der Waals surface area contributed by atoms with Crippen molar-refractivity contribution in [2.24, 2.45) is 10.7 Å². The number of anilines is 1. The molecule has 0 fully saturated rings. The van der Waals surface area contributed by atoms with Gasteiger partial charge in [-0.2, -0.15) is 0 Å². The third kappa shape index (κ3) is 3.24. The molecule has 0 saturated carbocycles. The number of amides is 1. The van der Waals surface area contributed by atoms with E-state index < -0.39 is 35.8 Å². The summed E-state index contributed by atoms with van der Waals surface area (Å²) in [6.07, 6.45) is -3.09. The number of ether oxygens (including phenoxy) is 1. The van der Waals surface area contributed by atoms with Gasteiger partial charge >= 0.3 is 0 Å². The fourth-order valence-corrected chi connectivity index (χ4v) is 2.52. The van der Waals surface area contributed by atoms with Crippen LogP contribution in [0.2, 0.25) is 0 Å². The third-order valence-electron chi connectivity index (χ3n) is 3.57. The minimum absolute atomic E-state index is 0.107. The lowest BCUT2D eigenvalue weighted by atomic mass is 9.87. The summed E-state index contributed by atoms with van der Waals surface area (Å²) in [6, 6.07) is 3.32. The maximum absolute atomic E-state index is 14.1. The molecule has 2 rings (SSSR count). The highest BCUT2D eigenvalue weighted by atomic mass is 19.3. The molecule has 0 aliphatic carbocycles. The second kappa shape index (κ2) is 6.45. The van der Waals surface area contributed by atoms with E-state index in [0.717, 1.165) is 17.0 Å². The van der Waals surface area contributed by atoms with Crippen LogP contribution >= 0.6 is 0 Å². The largest absolute Gasteiger partial charge is 0.399 e. The number of benzene rings is 1. The molecule has 9 heteroatoms. The summed E-state index contributed by atoms with van der Waals surface area (Å²) in [5.41, 5.74) is 8.61. The number of nitrogens with two attached hydrogens (primary N) is 2. The Hall–Kier alpha value is -2.29. The fraction of sp³-hybridized carbons (Fsp3) is 0.429. The van der Waals surface area contributed by atoms with E-state index in [0.29, 0.717) is 0 Å². The number of hydrogen-bond donors (Lipinski definition) is 2. The van der Waals surface area contributed by atoms with Crippen molar-refractivity contribution < 1.29 is 22.7 Å². The van der Waals surface area contributed by atoms with Gasteiger partial charge < -0.3 is 21.1 Å². The Morgan fingerprint density at radius 3 is 2.78 bits per heavy atom. The highest BCUT2D eigenvalue weighted by Gasteiger charge is 2.48. The quantitative estimate of drug-likeness (QED) is 0.795. The molecule has 1 amide bonds. The highest BCUT2D eigenvalue weighted by Crippen LogP contribution is 2.38. The van der Waals surface area contributed by atoms with Crippen LogP contribution in [0.3, 0.4) is 0 Å². The van der Waals surface area contributed by atoms with Crippen LogP contribution in [0.1, 0.15) is 5.56 Å². The van der Waals surface area contributed by atoms with Gasteiger partial charge in [0.2, 0.25) is 5.91 Å². The lowest BCUT2D eigenvalue weighted by Crippen LogP contribution is -2.55. The van der Waals surface area contributed by atoms with E-state index in [1.54, 1.807) is 0 Å². The summed E-state index contributed by atoms with van der Waals surface area (Å²) in [4.78, 5) is 16.8. The Labute approximate surface area is 130 Å². The van der Waals surface area contributed by atoms with Crippen LogP contribution in [0, 0.1) is 5.82 Å². The van der Waals surface area contributed by atoms with Gasteiger partial charge in [0.1, 0.15) is 18.3 Å². The zero-order valence-electron chi connectivity index (χ0n) is 12.4. The van der Waals surface area contributed by atoms with Gasteiger partial charge in [-0.05, 0) is 18.2 Å². The van der Waals surface area contributed by atoms with Gasteiger partial charge in [-0.25, -0.2) is 13.2 Å². The van der Waals surface area contributed by atoms with Gasteiger partial charge in [-0.3, -0.25) is 9.79 Å². The predicted octanol–water partition coefficient (Wildman–Crippen LogP) is 0.714. The Balaban J connectivity index is 2.53. The lowest BCUT2D eigenvalue weighted by molar-refractivity contribution is -0.136. The average Bonchev–Trinajstić information content (AvgIpc) is 2.49. The molecule has 1 unspecified atom stereocenters. The second-order valence-electron chi connectivity index (χ2n) is 5.25. The van der Waals surface area contributed by atoms with Crippen LogP contribution < -0.4 is 11.5 Å². The highest BCUT2D eigenvalue weighted by molar-refractivity contribution is 5.89. The van der Waals surface area contributed by atoms with E-state index in [2.05, 4.69) is 4.99 Å². The molecular weight excluding hydrogens is 313 g/mol. The van der Waals surface area contributed by atoms with Gasteiger partial charge in [0.25, 0.3) is 6.43 Å². The van der Waals surface area contributed by atoms with Crippen molar-refractivity contribution in [1.29, 1.82) is 0 Å². The van der Waals surface area contributed by atoms with Crippen LogP contribution in [0.15, 0.2) is 23.2 Å². The molecule has 1 atom stereocenters. The Kier molecular flexibility index (Phi) is 4.79. The summed E-state index contributed by atoms with van der Waals surface area (Å²) in [5, 5.41) is 0. The Morgan fingerprint density at radius 2 is 2.17 bits per heavy atom. The SMILES string of the molecule is COCC(=O)N1CC(N)=NC(c2cc(N)ccc2F)(C(F)F)C1. The number of rotatable bonds is 4. The van der Waals surface area contributed by atoms with Gasteiger partial charge in [-0.1, -0.05) is 0 Å². The zero-order valence-corrected chi connectivity index (χ0v) is 12.4. The smallest absolute Gasteiger partial charge is 0.269 e. The van der Waals surface area contributed by atoms with Crippen LogP contribution in [0.4, 0.5) is 18.9 Å². The van der Waals surface area contributed by atoms with Crippen molar-refractivity contribution in [3.8, 4) is 0 Å². The summed E-state index contributed by atoms with van der Waals surface area (Å²) in [7, 11) is 1.30. The molecule has 0 radical (unpaired) electrons. The molecule has 6 nitrogen and oxygen atoms in total. The molecule has 0 bridgehead atoms. The Bertz CT molecular complexity index is 638. The molecular formula is C14H17F3N4O2. The molecule has 126 valence electrons. The topological polar surface area (TPSA) is 93.9 Å². The number of carbonyl (C=O) groups is 1. The monoisotopic (exact) mass is 330 g/mol. The first-order valence-corrected chi connectivity index (χ1v) is 6.74. The van der Waals surface area contributed by atoms with Crippen molar-refractivity contribution in [2.45, 2.75) is 12.0 Å². The summed E-state index contributed by atoms with van der Waals surface area (Å²) in [6.45, 7) is -0.944. The van der Waals surface area contributed by atoms with E-state index in [4.69, 9.17) is 16.2 Å². The van der Waals surface area contributed by atoms with Crippen molar-refractivity contribution in [1.82, 2.24) is 4.90 Å². The van der Waals surface area contributed by atoms with E-state index in [9.17, 15) is 18.0 Å². The molecule has 0 saturated heterocycles. The van der Waals surface area contributed by atoms with Crippen LogP contribution in [0.5, 0.6) is 0 Å². The van der Waals surface area contributed by atoms with Gasteiger partial charge in [-0.15, -0.1) is 0 Å². The number of aliphatic imine (C=N–C) groups is 1. The number of hydrogen-bond acceptors (Lipinski definition) is 5. The average molecular weight is 330 g/mol. The first kappa shape index (κ1) is 17.1. The van der Waals surface area contributed by atoms with Crippen molar-refractivity contribution in [2.75, 3.05) is 32.5 Å². The molecule has 1 aromatic rings. The van der Waals surface area contributed by atoms with E-state index in [1.807, 2.05) is 0 Å². The molecule has 1 aliphatic heterocycles. The number of amidine groups is 1. The van der Waals surface area contributed by atoms with E-state index in [1.165, 1.54) is 13.2 Å². The second-order valence-corrected chi connectivity index (χ2v) is 5.25. The van der Waals surface area contributed by atoms with Crippen molar-refractivity contribution >= 4 is 17.4 Å². The molecule has 1 aromatic carbocycles. The van der Waals surface area contributed by atoms with Crippen LogP contribution in [-0.2, 0) is 15.1 Å². The molecule has 0 aromatic heterocycles. The molecule has 0 spiro atoms. The Morgan fingerprint density at radius 1 is 1.48 bits per heavy atom. The molecule has 4 N–H and O–H groups in total. The minimum Gasteiger partial charge on any atom is -0.399 e. The first-order valence-electron chi connectivity index (χ1n) is 6.74. The van der Waals surface area contributed by atoms with E-state index in [-0.39, 0.29) is 24.7 Å².